The molecule has 0 bridgehead atoms. The van der Waals surface area contributed by atoms with Gasteiger partial charge in [-0.1, -0.05) is 0 Å². The Morgan fingerprint density at radius 3 is 1.44 bits per heavy atom. The second-order valence-corrected chi connectivity index (χ2v) is 8.83. The van der Waals surface area contributed by atoms with Gasteiger partial charge in [0.2, 0.25) is 9.05 Å². The molecule has 13 heteroatoms. The van der Waals surface area contributed by atoms with Crippen LogP contribution >= 0.6 is 10.7 Å². The summed E-state index contributed by atoms with van der Waals surface area (Å²) in [6, 6.07) is 0. The van der Waals surface area contributed by atoms with Crippen molar-refractivity contribution in [2.75, 3.05) is 79.6 Å². The molecule has 0 aromatic carbocycles. The third-order valence-electron chi connectivity index (χ3n) is 1.62. The molecule has 0 aliphatic carbocycles. The van der Waals surface area contributed by atoms with Gasteiger partial charge in [-0.25, -0.2) is 8.42 Å². The predicted molar refractivity (Wildman–Crippen MR) is 94.0 cm³/mol. The second kappa shape index (κ2) is 20.3. The quantitative estimate of drug-likeness (QED) is 0.243. The monoisotopic (exact) mass is 432 g/mol. The van der Waals surface area contributed by atoms with Crippen LogP contribution in [0.15, 0.2) is 0 Å². The molecule has 0 spiro atoms. The van der Waals surface area contributed by atoms with Crippen LogP contribution in [0.25, 0.3) is 0 Å². The highest BCUT2D eigenvalue weighted by Gasteiger charge is 1.99. The van der Waals surface area contributed by atoms with Crippen molar-refractivity contribution >= 4 is 29.9 Å². The molecule has 0 atom stereocenters. The van der Waals surface area contributed by atoms with Crippen LogP contribution in [0.5, 0.6) is 0 Å². The van der Waals surface area contributed by atoms with E-state index in [1.54, 1.807) is 14.2 Å². The van der Waals surface area contributed by atoms with Gasteiger partial charge in [0, 0.05) is 24.9 Å². The number of rotatable bonds is 12. The molecule has 0 aromatic heterocycles. The first-order chi connectivity index (χ1) is 11.5. The summed E-state index contributed by atoms with van der Waals surface area (Å²) in [5.41, 5.74) is 0. The molecule has 1 N–H and O–H groups in total. The SMILES string of the molecule is COCCOCCO.COCCOCCOS(C)(=O)=O.CS(=O)(=O)Cl. The van der Waals surface area contributed by atoms with Crippen LogP contribution in [-0.2, 0) is 42.3 Å². The van der Waals surface area contributed by atoms with Gasteiger partial charge in [0.05, 0.1) is 65.4 Å². The maximum Gasteiger partial charge on any atom is 0.264 e. The zero-order valence-electron chi connectivity index (χ0n) is 15.0. The molecule has 0 fully saturated rings. The Morgan fingerprint density at radius 2 is 1.12 bits per heavy atom. The van der Waals surface area contributed by atoms with Gasteiger partial charge < -0.3 is 24.1 Å². The average molecular weight is 433 g/mol. The molecule has 0 aliphatic heterocycles. The topological polar surface area (TPSA) is 135 Å². The fourth-order valence-corrected chi connectivity index (χ4v) is 1.17. The van der Waals surface area contributed by atoms with Crippen LogP contribution in [0.4, 0.5) is 0 Å². The molecule has 0 aromatic rings. The second-order valence-electron chi connectivity index (χ2n) is 4.14. The summed E-state index contributed by atoms with van der Waals surface area (Å²) >= 11 is 0. The Hall–Kier alpha value is -0.0500. The first kappa shape index (κ1) is 29.7. The van der Waals surface area contributed by atoms with Gasteiger partial charge in [-0.05, 0) is 0 Å². The van der Waals surface area contributed by atoms with Gasteiger partial charge in [0.15, 0.2) is 0 Å². The number of aliphatic hydroxyl groups excluding tert-OH is 1. The molecule has 156 valence electrons. The third-order valence-corrected chi connectivity index (χ3v) is 2.22. The zero-order valence-corrected chi connectivity index (χ0v) is 17.4. The van der Waals surface area contributed by atoms with Gasteiger partial charge in [-0.3, -0.25) is 4.18 Å². The minimum atomic E-state index is -3.33. The molecule has 0 aliphatic rings. The van der Waals surface area contributed by atoms with E-state index in [0.29, 0.717) is 33.0 Å². The summed E-state index contributed by atoms with van der Waals surface area (Å²) < 4.78 is 63.2. The largest absolute Gasteiger partial charge is 0.394 e. The fraction of sp³-hybridized carbons (Fsp3) is 1.00. The Morgan fingerprint density at radius 1 is 0.760 bits per heavy atom. The van der Waals surface area contributed by atoms with Crippen LogP contribution in [0.1, 0.15) is 0 Å². The highest BCUT2D eigenvalue weighted by molar-refractivity contribution is 8.13. The molecule has 25 heavy (non-hydrogen) atoms. The van der Waals surface area contributed by atoms with Gasteiger partial charge >= 0.3 is 0 Å². The molecule has 0 amide bonds. The third kappa shape index (κ3) is 59.3. The zero-order chi connectivity index (χ0) is 20.2. The first-order valence-corrected chi connectivity index (χ1v) is 11.5. The number of hydrogen-bond acceptors (Lipinski definition) is 10. The van der Waals surface area contributed by atoms with Crippen LogP contribution in [0.2, 0.25) is 0 Å². The number of hydrogen-bond donors (Lipinski definition) is 1. The van der Waals surface area contributed by atoms with Crippen molar-refractivity contribution in [3.8, 4) is 0 Å². The standard InChI is InChI=1S/C6H14O5S.C5H12O3.CH3ClO2S/c1-9-3-4-10-5-6-11-12(2,7)8;1-7-4-5-8-3-2-6;1-5(2,3)4/h3-6H2,1-2H3;6H,2-5H2,1H3;1H3. The smallest absolute Gasteiger partial charge is 0.264 e. The molecule has 0 unspecified atom stereocenters. The van der Waals surface area contributed by atoms with Gasteiger partial charge in [0.25, 0.3) is 10.1 Å². The fourth-order valence-electron chi connectivity index (χ4n) is 0.798. The van der Waals surface area contributed by atoms with Crippen molar-refractivity contribution in [2.45, 2.75) is 0 Å². The molecule has 0 saturated carbocycles. The predicted octanol–water partition coefficient (Wildman–Crippen LogP) is -0.548. The molecule has 0 radical (unpaired) electrons. The minimum absolute atomic E-state index is 0.0581. The van der Waals surface area contributed by atoms with Crippen molar-refractivity contribution in [2.24, 2.45) is 0 Å². The van der Waals surface area contributed by atoms with Gasteiger partial charge in [-0.2, -0.15) is 8.42 Å². The van der Waals surface area contributed by atoms with Crippen molar-refractivity contribution < 1.29 is 45.1 Å². The van der Waals surface area contributed by atoms with Crippen LogP contribution in [0, 0.1) is 0 Å². The Kier molecular flexibility index (Phi) is 24.1. The van der Waals surface area contributed by atoms with Gasteiger partial charge in [-0.15, -0.1) is 0 Å². The summed E-state index contributed by atoms with van der Waals surface area (Å²) in [7, 11) is 1.16. The number of methoxy groups -OCH3 is 2. The van der Waals surface area contributed by atoms with E-state index >= 15 is 0 Å². The van der Waals surface area contributed by atoms with E-state index in [1.807, 2.05) is 0 Å². The van der Waals surface area contributed by atoms with E-state index in [4.69, 9.17) is 19.3 Å². The number of aliphatic hydroxyl groups is 1. The van der Waals surface area contributed by atoms with Crippen LogP contribution < -0.4 is 0 Å². The van der Waals surface area contributed by atoms with E-state index in [-0.39, 0.29) is 19.8 Å². The molecular formula is C12H29ClO10S2. The Balaban J connectivity index is -0.000000321. The lowest BCUT2D eigenvalue weighted by Crippen LogP contribution is -2.11. The summed E-state index contributed by atoms with van der Waals surface area (Å²) in [6.07, 6.45) is 1.93. The molecule has 10 nitrogen and oxygen atoms in total. The van der Waals surface area contributed by atoms with E-state index in [1.165, 1.54) is 0 Å². The lowest BCUT2D eigenvalue weighted by molar-refractivity contribution is 0.0500. The van der Waals surface area contributed by atoms with Crippen molar-refractivity contribution in [1.29, 1.82) is 0 Å². The highest BCUT2D eigenvalue weighted by atomic mass is 35.7. The minimum Gasteiger partial charge on any atom is -0.394 e. The number of ether oxygens (including phenoxy) is 4. The van der Waals surface area contributed by atoms with E-state index in [9.17, 15) is 16.8 Å². The maximum atomic E-state index is 10.4. The van der Waals surface area contributed by atoms with Crippen molar-refractivity contribution in [3.63, 3.8) is 0 Å². The maximum absolute atomic E-state index is 10.4. The lowest BCUT2D eigenvalue weighted by atomic mass is 10.7. The summed E-state index contributed by atoms with van der Waals surface area (Å²) in [5.74, 6) is 0. The first-order valence-electron chi connectivity index (χ1n) is 6.96. The molecule has 0 heterocycles. The van der Waals surface area contributed by atoms with E-state index in [0.717, 1.165) is 12.5 Å². The Bertz CT molecular complexity index is 439. The average Bonchev–Trinajstić information content (AvgIpc) is 2.45. The van der Waals surface area contributed by atoms with E-state index in [2.05, 4.69) is 19.6 Å². The summed E-state index contributed by atoms with van der Waals surface area (Å²) in [6.45, 7) is 2.92. The van der Waals surface area contributed by atoms with Crippen LogP contribution in [0.3, 0.4) is 0 Å². The van der Waals surface area contributed by atoms with Crippen LogP contribution in [-0.4, -0.2) is 102 Å². The summed E-state index contributed by atoms with van der Waals surface area (Å²) in [5, 5.41) is 8.20. The number of halogens is 1. The molecule has 0 saturated heterocycles. The molecule has 0 rings (SSSR count). The van der Waals surface area contributed by atoms with Crippen molar-refractivity contribution in [3.05, 3.63) is 0 Å². The molecular weight excluding hydrogens is 404 g/mol. The lowest BCUT2D eigenvalue weighted by Gasteiger charge is -2.02. The normalized spacial score (nSPS) is 11.1. The summed E-state index contributed by atoms with van der Waals surface area (Å²) in [4.78, 5) is 0. The van der Waals surface area contributed by atoms with E-state index < -0.39 is 19.2 Å². The van der Waals surface area contributed by atoms with Gasteiger partial charge in [0.1, 0.15) is 0 Å². The Labute approximate surface area is 154 Å². The van der Waals surface area contributed by atoms with Crippen molar-refractivity contribution in [1.82, 2.24) is 0 Å². The highest BCUT2D eigenvalue weighted by Crippen LogP contribution is 1.86.